The molecule has 0 saturated carbocycles. The largest absolute Gasteiger partial charge is 0.434 e. The van der Waals surface area contributed by atoms with E-state index >= 15 is 0 Å². The molecule has 0 saturated heterocycles. The van der Waals surface area contributed by atoms with Crippen LogP contribution in [0, 0.1) is 0 Å². The van der Waals surface area contributed by atoms with Gasteiger partial charge in [-0.1, -0.05) is 0 Å². The molecular formula is C24H19F2N7O5S. The van der Waals surface area contributed by atoms with Gasteiger partial charge < -0.3 is 14.6 Å². The quantitative estimate of drug-likeness (QED) is 0.323. The second-order valence-electron chi connectivity index (χ2n) is 8.32. The molecule has 1 amide bonds. The summed E-state index contributed by atoms with van der Waals surface area (Å²) in [6, 6.07) is 7.08. The molecule has 5 rings (SSSR count). The summed E-state index contributed by atoms with van der Waals surface area (Å²) in [5.41, 5.74) is -0.215. The van der Waals surface area contributed by atoms with E-state index in [9.17, 15) is 26.8 Å². The predicted octanol–water partition coefficient (Wildman–Crippen LogP) is 2.52. The number of aryl methyl sites for hydroxylation is 2. The van der Waals surface area contributed by atoms with E-state index in [1.54, 1.807) is 12.3 Å². The maximum Gasteiger partial charge on any atom is 0.387 e. The topological polar surface area (TPSA) is 142 Å². The third kappa shape index (κ3) is 4.86. The Morgan fingerprint density at radius 3 is 2.62 bits per heavy atom. The van der Waals surface area contributed by atoms with E-state index in [1.165, 1.54) is 58.7 Å². The zero-order valence-electron chi connectivity index (χ0n) is 20.3. The van der Waals surface area contributed by atoms with Crippen LogP contribution in [0.3, 0.4) is 0 Å². The number of aromatic nitrogens is 6. The van der Waals surface area contributed by atoms with Crippen LogP contribution in [0.5, 0.6) is 5.75 Å². The molecule has 0 aliphatic rings. The normalized spacial score (nSPS) is 11.7. The number of nitrogens with zero attached hydrogens (tertiary/aromatic N) is 6. The molecular weight excluding hydrogens is 536 g/mol. The van der Waals surface area contributed by atoms with Gasteiger partial charge in [0.1, 0.15) is 17.0 Å². The molecule has 0 atom stereocenters. The summed E-state index contributed by atoms with van der Waals surface area (Å²) in [6.07, 6.45) is 7.13. The van der Waals surface area contributed by atoms with Crippen molar-refractivity contribution < 1.29 is 26.7 Å². The molecule has 15 heteroatoms. The molecule has 4 heterocycles. The Kier molecular flexibility index (Phi) is 6.43. The van der Waals surface area contributed by atoms with Crippen molar-refractivity contribution >= 4 is 27.1 Å². The van der Waals surface area contributed by atoms with Crippen LogP contribution in [0.2, 0.25) is 0 Å². The number of carbonyl (C=O) groups is 1. The van der Waals surface area contributed by atoms with Crippen LogP contribution in [0.25, 0.3) is 16.9 Å². The van der Waals surface area contributed by atoms with Gasteiger partial charge >= 0.3 is 6.61 Å². The van der Waals surface area contributed by atoms with Gasteiger partial charge in [0.15, 0.2) is 5.65 Å². The van der Waals surface area contributed by atoms with Crippen molar-refractivity contribution in [1.29, 1.82) is 0 Å². The zero-order valence-corrected chi connectivity index (χ0v) is 21.1. The number of alkyl halides is 2. The maximum absolute atomic E-state index is 13.3. The molecule has 39 heavy (non-hydrogen) atoms. The van der Waals surface area contributed by atoms with Gasteiger partial charge in [0.05, 0.1) is 21.7 Å². The lowest BCUT2D eigenvalue weighted by Gasteiger charge is -2.13. The molecule has 12 nitrogen and oxygen atoms in total. The molecule has 0 bridgehead atoms. The second-order valence-corrected chi connectivity index (χ2v) is 10.3. The van der Waals surface area contributed by atoms with Crippen LogP contribution in [0.15, 0.2) is 82.0 Å². The minimum absolute atomic E-state index is 0.0352. The van der Waals surface area contributed by atoms with Gasteiger partial charge in [-0.15, -0.1) is 0 Å². The van der Waals surface area contributed by atoms with Crippen molar-refractivity contribution in [3.63, 3.8) is 0 Å². The molecule has 4 aromatic heterocycles. The SMILES string of the molecule is Cn1cc(NC(=O)c2cnn3cccnc23)c(-c2cc(S(=O)(=O)c3ccn(C)c(=O)c3)ccc2OC(F)F)n1. The number of amides is 1. The van der Waals surface area contributed by atoms with Crippen LogP contribution in [0.1, 0.15) is 10.4 Å². The summed E-state index contributed by atoms with van der Waals surface area (Å²) in [7, 11) is -1.24. The molecule has 0 aliphatic carbocycles. The summed E-state index contributed by atoms with van der Waals surface area (Å²) in [5, 5.41) is 11.0. The lowest BCUT2D eigenvalue weighted by molar-refractivity contribution is -0.0494. The smallest absolute Gasteiger partial charge is 0.387 e. The number of sulfone groups is 1. The first-order valence-electron chi connectivity index (χ1n) is 11.2. The van der Waals surface area contributed by atoms with E-state index < -0.39 is 27.9 Å². The van der Waals surface area contributed by atoms with E-state index in [4.69, 9.17) is 0 Å². The van der Waals surface area contributed by atoms with E-state index in [2.05, 4.69) is 25.2 Å². The van der Waals surface area contributed by atoms with E-state index in [0.29, 0.717) is 0 Å². The van der Waals surface area contributed by atoms with Crippen molar-refractivity contribution in [2.24, 2.45) is 14.1 Å². The standard InChI is InChI=1S/C24H19F2N7O5S/c1-31-9-6-15(11-20(31)34)39(36,37)14-4-5-19(38-24(25)26)16(10-14)21-18(13-32(2)30-21)29-23(35)17-12-28-33-8-3-7-27-22(17)33/h3-13,24H,1-2H3,(H,29,35). The fourth-order valence-corrected chi connectivity index (χ4v) is 5.14. The van der Waals surface area contributed by atoms with Crippen molar-refractivity contribution in [3.05, 3.63) is 83.3 Å². The number of halogens is 2. The Balaban J connectivity index is 1.60. The lowest BCUT2D eigenvalue weighted by atomic mass is 10.1. The molecule has 5 aromatic rings. The number of nitrogens with one attached hydrogen (secondary N) is 1. The summed E-state index contributed by atoms with van der Waals surface area (Å²) < 4.78 is 61.7. The minimum atomic E-state index is -4.24. The number of rotatable bonds is 7. The highest BCUT2D eigenvalue weighted by Crippen LogP contribution is 2.37. The van der Waals surface area contributed by atoms with Crippen LogP contribution in [-0.2, 0) is 23.9 Å². The number of fused-ring (bicyclic) bond motifs is 1. The van der Waals surface area contributed by atoms with Gasteiger partial charge in [0, 0.05) is 50.5 Å². The number of anilines is 1. The molecule has 1 N–H and O–H groups in total. The predicted molar refractivity (Wildman–Crippen MR) is 133 cm³/mol. The first-order valence-corrected chi connectivity index (χ1v) is 12.7. The Morgan fingerprint density at radius 1 is 1.10 bits per heavy atom. The van der Waals surface area contributed by atoms with Crippen LogP contribution in [-0.4, -0.2) is 49.9 Å². The molecule has 200 valence electrons. The average Bonchev–Trinajstić information content (AvgIpc) is 3.48. The summed E-state index contributed by atoms with van der Waals surface area (Å²) in [6.45, 7) is -3.23. The fraction of sp³-hybridized carbons (Fsp3) is 0.125. The van der Waals surface area contributed by atoms with Gasteiger partial charge in [-0.2, -0.15) is 19.0 Å². The number of benzene rings is 1. The first kappa shape index (κ1) is 25.7. The summed E-state index contributed by atoms with van der Waals surface area (Å²) >= 11 is 0. The number of ether oxygens (including phenoxy) is 1. The third-order valence-electron chi connectivity index (χ3n) is 5.72. The highest BCUT2D eigenvalue weighted by atomic mass is 32.2. The maximum atomic E-state index is 13.3. The molecule has 0 radical (unpaired) electrons. The number of pyridine rings is 1. The van der Waals surface area contributed by atoms with Gasteiger partial charge in [0.25, 0.3) is 11.5 Å². The Morgan fingerprint density at radius 2 is 1.87 bits per heavy atom. The van der Waals surface area contributed by atoms with Gasteiger partial charge in [-0.25, -0.2) is 17.9 Å². The molecule has 0 aliphatic heterocycles. The Bertz CT molecular complexity index is 1900. The summed E-state index contributed by atoms with van der Waals surface area (Å²) in [4.78, 5) is 28.7. The highest BCUT2D eigenvalue weighted by molar-refractivity contribution is 7.91. The fourth-order valence-electron chi connectivity index (χ4n) is 3.85. The van der Waals surface area contributed by atoms with Crippen LogP contribution in [0.4, 0.5) is 14.5 Å². The molecule has 0 fully saturated rings. The number of hydrogen-bond donors (Lipinski definition) is 1. The van der Waals surface area contributed by atoms with Crippen molar-refractivity contribution in [2.45, 2.75) is 16.4 Å². The Hall–Kier alpha value is -4.92. The van der Waals surface area contributed by atoms with Crippen LogP contribution >= 0.6 is 0 Å². The van der Waals surface area contributed by atoms with Crippen molar-refractivity contribution in [1.82, 2.24) is 28.9 Å². The van der Waals surface area contributed by atoms with Crippen molar-refractivity contribution in [2.75, 3.05) is 5.32 Å². The third-order valence-corrected chi connectivity index (χ3v) is 7.47. The van der Waals surface area contributed by atoms with E-state index in [-0.39, 0.29) is 43.7 Å². The van der Waals surface area contributed by atoms with Gasteiger partial charge in [0.2, 0.25) is 9.84 Å². The zero-order chi connectivity index (χ0) is 27.9. The monoisotopic (exact) mass is 555 g/mol. The first-order chi connectivity index (χ1) is 18.5. The van der Waals surface area contributed by atoms with Gasteiger partial charge in [-0.05, 0) is 30.3 Å². The highest BCUT2D eigenvalue weighted by Gasteiger charge is 2.25. The van der Waals surface area contributed by atoms with E-state index in [0.717, 1.165) is 24.3 Å². The number of hydrogen-bond acceptors (Lipinski definition) is 8. The molecule has 0 unspecified atom stereocenters. The molecule has 0 spiro atoms. The van der Waals surface area contributed by atoms with E-state index in [1.807, 2.05) is 0 Å². The minimum Gasteiger partial charge on any atom is -0.434 e. The molecule has 1 aromatic carbocycles. The van der Waals surface area contributed by atoms with Gasteiger partial charge in [-0.3, -0.25) is 14.3 Å². The second kappa shape index (κ2) is 9.75. The Labute approximate surface area is 219 Å². The number of carbonyl (C=O) groups excluding carboxylic acids is 1. The summed E-state index contributed by atoms with van der Waals surface area (Å²) in [5.74, 6) is -0.988. The van der Waals surface area contributed by atoms with Crippen molar-refractivity contribution in [3.8, 4) is 17.0 Å². The average molecular weight is 556 g/mol. The lowest BCUT2D eigenvalue weighted by Crippen LogP contribution is -2.17. The van der Waals surface area contributed by atoms with Crippen LogP contribution < -0.4 is 15.6 Å².